The van der Waals surface area contributed by atoms with Crippen LogP contribution in [0, 0.1) is 13.8 Å². The van der Waals surface area contributed by atoms with Gasteiger partial charge in [0.05, 0.1) is 17.2 Å². The molecule has 19 heavy (non-hydrogen) atoms. The molecule has 4 heteroatoms. The third kappa shape index (κ3) is 3.85. The minimum Gasteiger partial charge on any atom is -0.379 e. The number of rotatable bonds is 6. The second kappa shape index (κ2) is 6.78. The second-order valence-corrected chi connectivity index (χ2v) is 6.54. The summed E-state index contributed by atoms with van der Waals surface area (Å²) in [5.41, 5.74) is 2.31. The molecule has 1 N–H and O–H groups in total. The molecule has 0 saturated heterocycles. The van der Waals surface area contributed by atoms with Crippen molar-refractivity contribution >= 4 is 28.8 Å². The molecule has 0 aliphatic heterocycles. The highest BCUT2D eigenvalue weighted by molar-refractivity contribution is 7.99. The molecule has 0 radical (unpaired) electrons. The molecule has 1 aromatic heterocycles. The van der Waals surface area contributed by atoms with Crippen LogP contribution in [0.25, 0.3) is 0 Å². The molecular formula is C15H18N2S2. The number of aryl methyl sites for hydroxylation is 2. The summed E-state index contributed by atoms with van der Waals surface area (Å²) in [4.78, 5) is 7.03. The van der Waals surface area contributed by atoms with E-state index in [1.165, 1.54) is 15.5 Å². The van der Waals surface area contributed by atoms with Crippen molar-refractivity contribution in [1.82, 2.24) is 4.98 Å². The van der Waals surface area contributed by atoms with E-state index in [4.69, 9.17) is 0 Å². The lowest BCUT2D eigenvalue weighted by molar-refractivity contribution is 1.10. The maximum atomic E-state index is 4.46. The van der Waals surface area contributed by atoms with Crippen molar-refractivity contribution in [3.63, 3.8) is 0 Å². The predicted octanol–water partition coefficient (Wildman–Crippen LogP) is 4.65. The highest BCUT2D eigenvalue weighted by Crippen LogP contribution is 2.28. The number of aromatic nitrogens is 1. The van der Waals surface area contributed by atoms with Crippen LogP contribution in [0.4, 0.5) is 5.69 Å². The Balaban J connectivity index is 2.06. The summed E-state index contributed by atoms with van der Waals surface area (Å²) >= 11 is 3.56. The van der Waals surface area contributed by atoms with Gasteiger partial charge in [-0.2, -0.15) is 0 Å². The van der Waals surface area contributed by atoms with Gasteiger partial charge in [-0.05, 0) is 26.0 Å². The van der Waals surface area contributed by atoms with Crippen molar-refractivity contribution in [2.75, 3.05) is 11.1 Å². The van der Waals surface area contributed by atoms with E-state index in [1.807, 2.05) is 6.08 Å². The summed E-state index contributed by atoms with van der Waals surface area (Å²) in [6.45, 7) is 8.72. The largest absolute Gasteiger partial charge is 0.379 e. The zero-order valence-electron chi connectivity index (χ0n) is 11.3. The van der Waals surface area contributed by atoms with E-state index in [0.29, 0.717) is 0 Å². The summed E-state index contributed by atoms with van der Waals surface area (Å²) in [5.74, 6) is 0.928. The Morgan fingerprint density at radius 3 is 2.84 bits per heavy atom. The van der Waals surface area contributed by atoms with E-state index in [0.717, 1.165) is 23.0 Å². The second-order valence-electron chi connectivity index (χ2n) is 4.19. The quantitative estimate of drug-likeness (QED) is 0.619. The molecule has 2 aromatic rings. The third-order valence-electron chi connectivity index (χ3n) is 2.68. The van der Waals surface area contributed by atoms with Gasteiger partial charge >= 0.3 is 0 Å². The molecule has 0 aliphatic rings. The lowest BCUT2D eigenvalue weighted by Gasteiger charge is -2.10. The van der Waals surface area contributed by atoms with Crippen LogP contribution in [0.3, 0.4) is 0 Å². The van der Waals surface area contributed by atoms with E-state index in [1.54, 1.807) is 23.1 Å². The van der Waals surface area contributed by atoms with E-state index < -0.39 is 0 Å². The number of thioether (sulfide) groups is 1. The van der Waals surface area contributed by atoms with Gasteiger partial charge < -0.3 is 5.32 Å². The fourth-order valence-corrected chi connectivity index (χ4v) is 3.45. The molecule has 0 amide bonds. The zero-order valence-corrected chi connectivity index (χ0v) is 12.9. The van der Waals surface area contributed by atoms with Gasteiger partial charge in [-0.3, -0.25) is 0 Å². The number of anilines is 1. The van der Waals surface area contributed by atoms with E-state index >= 15 is 0 Å². The van der Waals surface area contributed by atoms with Crippen LogP contribution < -0.4 is 5.32 Å². The summed E-state index contributed by atoms with van der Waals surface area (Å²) in [5, 5.41) is 4.64. The number of nitrogens with zero attached hydrogens (tertiary/aromatic N) is 1. The highest BCUT2D eigenvalue weighted by atomic mass is 32.2. The molecule has 2 rings (SSSR count). The molecule has 1 heterocycles. The molecule has 0 unspecified atom stereocenters. The average molecular weight is 290 g/mol. The minimum absolute atomic E-state index is 0.836. The number of thiazole rings is 1. The van der Waals surface area contributed by atoms with Gasteiger partial charge in [-0.25, -0.2) is 4.98 Å². The smallest absolute Gasteiger partial charge is 0.0900 e. The lowest BCUT2D eigenvalue weighted by atomic mass is 10.3. The molecular weight excluding hydrogens is 272 g/mol. The fraction of sp³-hybridized carbons (Fsp3) is 0.267. The lowest BCUT2D eigenvalue weighted by Crippen LogP contribution is -2.00. The zero-order chi connectivity index (χ0) is 13.7. The topological polar surface area (TPSA) is 24.9 Å². The van der Waals surface area contributed by atoms with Crippen LogP contribution in [-0.2, 0) is 6.54 Å². The Bertz CT molecular complexity index is 561. The monoisotopic (exact) mass is 290 g/mol. The van der Waals surface area contributed by atoms with E-state index in [2.05, 4.69) is 55.0 Å². The average Bonchev–Trinajstić information content (AvgIpc) is 2.73. The SMILES string of the molecule is C=CCSc1ccccc1NCc1sc(C)nc1C. The number of hydrogen-bond donors (Lipinski definition) is 1. The normalized spacial score (nSPS) is 10.4. The summed E-state index contributed by atoms with van der Waals surface area (Å²) in [6.07, 6.45) is 1.93. The van der Waals surface area contributed by atoms with Gasteiger partial charge in [-0.1, -0.05) is 18.2 Å². The van der Waals surface area contributed by atoms with Crippen LogP contribution in [0.5, 0.6) is 0 Å². The first kappa shape index (κ1) is 14.2. The Labute approximate surface area is 123 Å². The van der Waals surface area contributed by atoms with E-state index in [9.17, 15) is 0 Å². The van der Waals surface area contributed by atoms with E-state index in [-0.39, 0.29) is 0 Å². The van der Waals surface area contributed by atoms with Crippen molar-refractivity contribution in [1.29, 1.82) is 0 Å². The van der Waals surface area contributed by atoms with Gasteiger partial charge in [0.2, 0.25) is 0 Å². The maximum absolute atomic E-state index is 4.46. The summed E-state index contributed by atoms with van der Waals surface area (Å²) < 4.78 is 0. The van der Waals surface area contributed by atoms with Crippen LogP contribution in [0.15, 0.2) is 41.8 Å². The first-order valence-electron chi connectivity index (χ1n) is 6.20. The summed E-state index contributed by atoms with van der Waals surface area (Å²) in [6, 6.07) is 8.39. The van der Waals surface area contributed by atoms with Crippen LogP contribution >= 0.6 is 23.1 Å². The number of para-hydroxylation sites is 1. The predicted molar refractivity (Wildman–Crippen MR) is 86.3 cm³/mol. The molecule has 0 saturated carbocycles. The summed E-state index contributed by atoms with van der Waals surface area (Å²) in [7, 11) is 0. The van der Waals surface area contributed by atoms with Gasteiger partial charge in [-0.15, -0.1) is 29.7 Å². The number of benzene rings is 1. The molecule has 0 atom stereocenters. The molecule has 0 bridgehead atoms. The van der Waals surface area contributed by atoms with Crippen LogP contribution in [0.2, 0.25) is 0 Å². The minimum atomic E-state index is 0.836. The van der Waals surface area contributed by atoms with Crippen LogP contribution in [-0.4, -0.2) is 10.7 Å². The highest BCUT2D eigenvalue weighted by Gasteiger charge is 2.06. The van der Waals surface area contributed by atoms with Crippen molar-refractivity contribution in [2.24, 2.45) is 0 Å². The maximum Gasteiger partial charge on any atom is 0.0900 e. The molecule has 1 aromatic carbocycles. The first-order chi connectivity index (χ1) is 9.20. The number of hydrogen-bond acceptors (Lipinski definition) is 4. The molecule has 0 spiro atoms. The molecule has 0 aliphatic carbocycles. The first-order valence-corrected chi connectivity index (χ1v) is 8.00. The van der Waals surface area contributed by atoms with Crippen molar-refractivity contribution in [2.45, 2.75) is 25.3 Å². The number of nitrogens with one attached hydrogen (secondary N) is 1. The standard InChI is InChI=1S/C15H18N2S2/c1-4-9-18-14-8-6-5-7-13(14)16-10-15-11(2)17-12(3)19-15/h4-8,16H,1,9-10H2,2-3H3. The third-order valence-corrected chi connectivity index (χ3v) is 4.82. The van der Waals surface area contributed by atoms with Gasteiger partial charge in [0.25, 0.3) is 0 Å². The van der Waals surface area contributed by atoms with Crippen molar-refractivity contribution in [3.8, 4) is 0 Å². The van der Waals surface area contributed by atoms with Crippen molar-refractivity contribution < 1.29 is 0 Å². The van der Waals surface area contributed by atoms with Gasteiger partial charge in [0, 0.05) is 21.2 Å². The van der Waals surface area contributed by atoms with Gasteiger partial charge in [0.1, 0.15) is 0 Å². The van der Waals surface area contributed by atoms with Crippen LogP contribution in [0.1, 0.15) is 15.6 Å². The molecule has 0 fully saturated rings. The van der Waals surface area contributed by atoms with Gasteiger partial charge in [0.15, 0.2) is 0 Å². The Hall–Kier alpha value is -1.26. The Kier molecular flexibility index (Phi) is 5.05. The Morgan fingerprint density at radius 2 is 2.16 bits per heavy atom. The molecule has 100 valence electrons. The fourth-order valence-electron chi connectivity index (χ4n) is 1.80. The van der Waals surface area contributed by atoms with Crippen molar-refractivity contribution in [3.05, 3.63) is 52.5 Å². The molecule has 2 nitrogen and oxygen atoms in total. The Morgan fingerprint density at radius 1 is 1.37 bits per heavy atom.